The van der Waals surface area contributed by atoms with Crippen LogP contribution in [0.25, 0.3) is 0 Å². The van der Waals surface area contributed by atoms with E-state index in [1.54, 1.807) is 0 Å². The molecule has 0 aliphatic carbocycles. The highest BCUT2D eigenvalue weighted by atomic mass is 16.1. The van der Waals surface area contributed by atoms with E-state index >= 15 is 0 Å². The Bertz CT molecular complexity index is 347. The lowest BCUT2D eigenvalue weighted by Gasteiger charge is -2.33. The largest absolute Gasteiger partial charge is 0.298 e. The highest BCUT2D eigenvalue weighted by Gasteiger charge is 2.27. The molecule has 0 bridgehead atoms. The monoisotopic (exact) mass is 217 g/mol. The van der Waals surface area contributed by atoms with Crippen molar-refractivity contribution in [3.8, 4) is 0 Å². The summed E-state index contributed by atoms with van der Waals surface area (Å²) in [5, 5.41) is 0. The van der Waals surface area contributed by atoms with Gasteiger partial charge in [-0.25, -0.2) is 0 Å². The van der Waals surface area contributed by atoms with Gasteiger partial charge >= 0.3 is 0 Å². The van der Waals surface area contributed by atoms with Crippen molar-refractivity contribution < 1.29 is 4.79 Å². The number of benzene rings is 1. The molecule has 0 radical (unpaired) electrons. The average Bonchev–Trinajstić information content (AvgIpc) is 2.31. The van der Waals surface area contributed by atoms with E-state index in [1.807, 2.05) is 6.07 Å². The zero-order valence-corrected chi connectivity index (χ0v) is 9.86. The maximum atomic E-state index is 11.8. The number of piperidine rings is 1. The zero-order valence-electron chi connectivity index (χ0n) is 9.86. The second-order valence-electron chi connectivity index (χ2n) is 4.45. The SMILES string of the molecule is CCC1C(=O)CCCN1Cc1ccccc1. The van der Waals surface area contributed by atoms with Gasteiger partial charge in [0, 0.05) is 13.0 Å². The first-order chi connectivity index (χ1) is 7.81. The molecule has 1 unspecified atom stereocenters. The van der Waals surface area contributed by atoms with Crippen LogP contribution in [0.2, 0.25) is 0 Å². The van der Waals surface area contributed by atoms with Gasteiger partial charge in [0.2, 0.25) is 0 Å². The number of likely N-dealkylation sites (tertiary alicyclic amines) is 1. The van der Waals surface area contributed by atoms with E-state index in [0.717, 1.165) is 32.4 Å². The lowest BCUT2D eigenvalue weighted by Crippen LogP contribution is -2.44. The molecule has 1 aromatic carbocycles. The summed E-state index contributed by atoms with van der Waals surface area (Å²) in [5.74, 6) is 0.421. The summed E-state index contributed by atoms with van der Waals surface area (Å²) in [7, 11) is 0. The number of carbonyl (C=O) groups excluding carboxylic acids is 1. The van der Waals surface area contributed by atoms with Gasteiger partial charge in [0.15, 0.2) is 0 Å². The number of hydrogen-bond acceptors (Lipinski definition) is 2. The van der Waals surface area contributed by atoms with E-state index < -0.39 is 0 Å². The highest BCUT2D eigenvalue weighted by molar-refractivity contribution is 5.84. The summed E-state index contributed by atoms with van der Waals surface area (Å²) >= 11 is 0. The second-order valence-corrected chi connectivity index (χ2v) is 4.45. The summed E-state index contributed by atoms with van der Waals surface area (Å²) in [6, 6.07) is 10.6. The van der Waals surface area contributed by atoms with Crippen LogP contribution < -0.4 is 0 Å². The molecule has 0 aromatic heterocycles. The molecular formula is C14H19NO. The molecular weight excluding hydrogens is 198 g/mol. The first kappa shape index (κ1) is 11.3. The molecule has 1 aromatic rings. The van der Waals surface area contributed by atoms with Gasteiger partial charge in [-0.3, -0.25) is 9.69 Å². The molecule has 0 N–H and O–H groups in total. The smallest absolute Gasteiger partial charge is 0.150 e. The normalized spacial score (nSPS) is 22.3. The lowest BCUT2D eigenvalue weighted by molar-refractivity contribution is -0.127. The Morgan fingerprint density at radius 2 is 2.06 bits per heavy atom. The van der Waals surface area contributed by atoms with Crippen LogP contribution >= 0.6 is 0 Å². The van der Waals surface area contributed by atoms with Gasteiger partial charge < -0.3 is 0 Å². The minimum atomic E-state index is 0.147. The van der Waals surface area contributed by atoms with E-state index in [0.29, 0.717) is 5.78 Å². The quantitative estimate of drug-likeness (QED) is 0.775. The maximum absolute atomic E-state index is 11.8. The van der Waals surface area contributed by atoms with Crippen LogP contribution in [0.3, 0.4) is 0 Å². The molecule has 2 nitrogen and oxygen atoms in total. The Hall–Kier alpha value is -1.15. The van der Waals surface area contributed by atoms with Gasteiger partial charge in [-0.2, -0.15) is 0 Å². The summed E-state index contributed by atoms with van der Waals surface area (Å²) < 4.78 is 0. The molecule has 1 aliphatic heterocycles. The third-order valence-corrected chi connectivity index (χ3v) is 3.30. The molecule has 2 rings (SSSR count). The van der Waals surface area contributed by atoms with E-state index in [2.05, 4.69) is 36.1 Å². The Labute approximate surface area is 97.3 Å². The van der Waals surface area contributed by atoms with Crippen LogP contribution in [0.1, 0.15) is 31.7 Å². The van der Waals surface area contributed by atoms with Crippen LogP contribution in [0.15, 0.2) is 30.3 Å². The van der Waals surface area contributed by atoms with Crippen LogP contribution in [0, 0.1) is 0 Å². The highest BCUT2D eigenvalue weighted by Crippen LogP contribution is 2.19. The van der Waals surface area contributed by atoms with E-state index in [1.165, 1.54) is 5.56 Å². The summed E-state index contributed by atoms with van der Waals surface area (Å²) in [6.45, 7) is 4.07. The van der Waals surface area contributed by atoms with Crippen molar-refractivity contribution in [3.05, 3.63) is 35.9 Å². The molecule has 16 heavy (non-hydrogen) atoms. The van der Waals surface area contributed by atoms with Gasteiger partial charge in [0.1, 0.15) is 5.78 Å². The molecule has 1 heterocycles. The van der Waals surface area contributed by atoms with Gasteiger partial charge in [-0.1, -0.05) is 37.3 Å². The summed E-state index contributed by atoms with van der Waals surface area (Å²) in [6.07, 6.45) is 2.72. The van der Waals surface area contributed by atoms with Gasteiger partial charge in [0.05, 0.1) is 6.04 Å². The molecule has 1 saturated heterocycles. The number of nitrogens with zero attached hydrogens (tertiary/aromatic N) is 1. The zero-order chi connectivity index (χ0) is 11.4. The van der Waals surface area contributed by atoms with Crippen molar-refractivity contribution in [3.63, 3.8) is 0 Å². The lowest BCUT2D eigenvalue weighted by atomic mass is 9.98. The Morgan fingerprint density at radius 3 is 2.75 bits per heavy atom. The number of hydrogen-bond donors (Lipinski definition) is 0. The third-order valence-electron chi connectivity index (χ3n) is 3.30. The van der Waals surface area contributed by atoms with Crippen LogP contribution in [-0.2, 0) is 11.3 Å². The van der Waals surface area contributed by atoms with Crippen molar-refractivity contribution in [1.29, 1.82) is 0 Å². The Morgan fingerprint density at radius 1 is 1.31 bits per heavy atom. The predicted molar refractivity (Wildman–Crippen MR) is 65.2 cm³/mol. The Kier molecular flexibility index (Phi) is 3.73. The van der Waals surface area contributed by atoms with Crippen molar-refractivity contribution in [1.82, 2.24) is 4.90 Å². The van der Waals surface area contributed by atoms with E-state index in [-0.39, 0.29) is 6.04 Å². The number of carbonyl (C=O) groups is 1. The molecule has 1 aliphatic rings. The minimum absolute atomic E-state index is 0.147. The van der Waals surface area contributed by atoms with Crippen molar-refractivity contribution in [2.45, 2.75) is 38.8 Å². The Balaban J connectivity index is 2.05. The molecule has 0 spiro atoms. The third kappa shape index (κ3) is 2.50. The second kappa shape index (κ2) is 5.26. The average molecular weight is 217 g/mol. The fourth-order valence-corrected chi connectivity index (χ4v) is 2.48. The van der Waals surface area contributed by atoms with E-state index in [4.69, 9.17) is 0 Å². The number of Topliss-reactive ketones (excluding diaryl/α,β-unsaturated/α-hetero) is 1. The fraction of sp³-hybridized carbons (Fsp3) is 0.500. The van der Waals surface area contributed by atoms with E-state index in [9.17, 15) is 4.79 Å². The van der Waals surface area contributed by atoms with Crippen LogP contribution in [0.5, 0.6) is 0 Å². The van der Waals surface area contributed by atoms with Gasteiger partial charge in [-0.05, 0) is 24.9 Å². The molecule has 0 saturated carbocycles. The first-order valence-electron chi connectivity index (χ1n) is 6.12. The molecule has 0 amide bonds. The van der Waals surface area contributed by atoms with Gasteiger partial charge in [-0.15, -0.1) is 0 Å². The van der Waals surface area contributed by atoms with Crippen molar-refractivity contribution in [2.24, 2.45) is 0 Å². The van der Waals surface area contributed by atoms with Crippen LogP contribution in [0.4, 0.5) is 0 Å². The number of rotatable bonds is 3. The van der Waals surface area contributed by atoms with Crippen molar-refractivity contribution in [2.75, 3.05) is 6.54 Å². The standard InChI is InChI=1S/C14H19NO/c1-2-13-14(16)9-6-10-15(13)11-12-7-4-3-5-8-12/h3-5,7-8,13H,2,6,9-11H2,1H3. The predicted octanol–water partition coefficient (Wildman–Crippen LogP) is 2.63. The maximum Gasteiger partial charge on any atom is 0.150 e. The first-order valence-corrected chi connectivity index (χ1v) is 6.12. The van der Waals surface area contributed by atoms with Crippen molar-refractivity contribution >= 4 is 5.78 Å². The summed E-state index contributed by atoms with van der Waals surface area (Å²) in [5.41, 5.74) is 1.30. The molecule has 1 fully saturated rings. The molecule has 86 valence electrons. The summed E-state index contributed by atoms with van der Waals surface area (Å²) in [4.78, 5) is 14.1. The van der Waals surface area contributed by atoms with Gasteiger partial charge in [0.25, 0.3) is 0 Å². The molecule has 2 heteroatoms. The number of ketones is 1. The van der Waals surface area contributed by atoms with Crippen LogP contribution in [-0.4, -0.2) is 23.3 Å². The fourth-order valence-electron chi connectivity index (χ4n) is 2.48. The molecule has 1 atom stereocenters. The minimum Gasteiger partial charge on any atom is -0.298 e. The topological polar surface area (TPSA) is 20.3 Å².